The molecule has 1 aliphatic rings. The fraction of sp³-hybridized carbons (Fsp3) is 0.588. The predicted molar refractivity (Wildman–Crippen MR) is 104 cm³/mol. The first kappa shape index (κ1) is 22.8. The van der Waals surface area contributed by atoms with Crippen LogP contribution in [0.1, 0.15) is 20.3 Å². The summed E-state index contributed by atoms with van der Waals surface area (Å²) in [6.45, 7) is 6.43. The van der Waals surface area contributed by atoms with Gasteiger partial charge in [-0.15, -0.1) is 24.8 Å². The second-order valence-corrected chi connectivity index (χ2v) is 6.20. The molecule has 1 amide bonds. The van der Waals surface area contributed by atoms with Gasteiger partial charge in [0.05, 0.1) is 7.11 Å². The molecule has 1 aliphatic heterocycles. The van der Waals surface area contributed by atoms with E-state index in [9.17, 15) is 4.79 Å². The Morgan fingerprint density at radius 3 is 2.75 bits per heavy atom. The van der Waals surface area contributed by atoms with E-state index in [0.717, 1.165) is 31.8 Å². The molecule has 138 valence electrons. The fourth-order valence-electron chi connectivity index (χ4n) is 2.69. The third-order valence-electron chi connectivity index (χ3n) is 4.47. The van der Waals surface area contributed by atoms with E-state index < -0.39 is 0 Å². The van der Waals surface area contributed by atoms with Crippen LogP contribution in [0.25, 0.3) is 0 Å². The van der Waals surface area contributed by atoms with Crippen LogP contribution in [0.3, 0.4) is 0 Å². The van der Waals surface area contributed by atoms with E-state index >= 15 is 0 Å². The summed E-state index contributed by atoms with van der Waals surface area (Å²) >= 11 is 0. The van der Waals surface area contributed by atoms with Gasteiger partial charge in [0.1, 0.15) is 5.75 Å². The second kappa shape index (κ2) is 10.6. The van der Waals surface area contributed by atoms with E-state index in [2.05, 4.69) is 22.3 Å². The molecule has 0 radical (unpaired) electrons. The summed E-state index contributed by atoms with van der Waals surface area (Å²) in [5, 5.41) is 3.03. The maximum Gasteiger partial charge on any atom is 0.224 e. The van der Waals surface area contributed by atoms with Crippen molar-refractivity contribution in [2.45, 2.75) is 26.3 Å². The molecule has 0 aromatic heterocycles. The van der Waals surface area contributed by atoms with Crippen molar-refractivity contribution in [2.75, 3.05) is 31.6 Å². The van der Waals surface area contributed by atoms with Crippen LogP contribution >= 0.6 is 24.8 Å². The average molecular weight is 378 g/mol. The molecular weight excluding hydrogens is 349 g/mol. The molecule has 0 bridgehead atoms. The minimum atomic E-state index is -0.143. The summed E-state index contributed by atoms with van der Waals surface area (Å²) in [5.74, 6) is 1.26. The van der Waals surface area contributed by atoms with Crippen LogP contribution in [-0.4, -0.2) is 38.7 Å². The van der Waals surface area contributed by atoms with Crippen LogP contribution in [0.4, 0.5) is 5.69 Å². The van der Waals surface area contributed by atoms with Crippen molar-refractivity contribution in [3.8, 4) is 5.75 Å². The number of hydrogen-bond donors (Lipinski definition) is 2. The summed E-state index contributed by atoms with van der Waals surface area (Å²) < 4.78 is 5.27. The molecule has 1 fully saturated rings. The zero-order valence-electron chi connectivity index (χ0n) is 14.5. The smallest absolute Gasteiger partial charge is 0.224 e. The predicted octanol–water partition coefficient (Wildman–Crippen LogP) is 2.46. The van der Waals surface area contributed by atoms with Crippen molar-refractivity contribution in [1.82, 2.24) is 5.32 Å². The van der Waals surface area contributed by atoms with Crippen LogP contribution in [-0.2, 0) is 4.79 Å². The number of halogens is 2. The number of anilines is 1. The van der Waals surface area contributed by atoms with E-state index in [0.29, 0.717) is 5.92 Å². The lowest BCUT2D eigenvalue weighted by atomic mass is 10.0. The molecule has 0 spiro atoms. The molecule has 7 heteroatoms. The maximum absolute atomic E-state index is 12.0. The van der Waals surface area contributed by atoms with Crippen molar-refractivity contribution in [3.05, 3.63) is 24.3 Å². The van der Waals surface area contributed by atoms with Gasteiger partial charge >= 0.3 is 0 Å². The van der Waals surface area contributed by atoms with Gasteiger partial charge in [0, 0.05) is 43.3 Å². The zero-order valence-corrected chi connectivity index (χ0v) is 16.2. The number of carbonyl (C=O) groups is 1. The Labute approximate surface area is 157 Å². The van der Waals surface area contributed by atoms with Crippen LogP contribution in [0, 0.1) is 11.8 Å². The monoisotopic (exact) mass is 377 g/mol. The quantitative estimate of drug-likeness (QED) is 0.798. The molecule has 5 nitrogen and oxygen atoms in total. The third-order valence-corrected chi connectivity index (χ3v) is 4.47. The minimum absolute atomic E-state index is 0. The number of carbonyl (C=O) groups excluding carboxylic acids is 1. The lowest BCUT2D eigenvalue weighted by Crippen LogP contribution is -2.40. The maximum atomic E-state index is 12.0. The molecule has 3 unspecified atom stereocenters. The zero-order chi connectivity index (χ0) is 16.1. The SMILES string of the molecule is COc1cccc(N2CCC(CNC(=O)C(C)C(C)N)C2)c1.Cl.Cl. The number of methoxy groups -OCH3 is 1. The number of nitrogens with two attached hydrogens (primary N) is 1. The van der Waals surface area contributed by atoms with Gasteiger partial charge in [-0.2, -0.15) is 0 Å². The molecule has 0 saturated carbocycles. The van der Waals surface area contributed by atoms with Crippen LogP contribution < -0.4 is 20.7 Å². The molecule has 0 aliphatic carbocycles. The van der Waals surface area contributed by atoms with Gasteiger partial charge in [0.15, 0.2) is 0 Å². The van der Waals surface area contributed by atoms with Gasteiger partial charge in [-0.05, 0) is 31.4 Å². The molecule has 1 aromatic rings. The van der Waals surface area contributed by atoms with Gasteiger partial charge in [-0.25, -0.2) is 0 Å². The summed E-state index contributed by atoms with van der Waals surface area (Å²) in [4.78, 5) is 14.3. The van der Waals surface area contributed by atoms with E-state index in [1.807, 2.05) is 26.0 Å². The van der Waals surface area contributed by atoms with Crippen molar-refractivity contribution in [1.29, 1.82) is 0 Å². The van der Waals surface area contributed by atoms with Crippen LogP contribution in [0.2, 0.25) is 0 Å². The minimum Gasteiger partial charge on any atom is -0.497 e. The highest BCUT2D eigenvalue weighted by Crippen LogP contribution is 2.26. The number of rotatable bonds is 6. The largest absolute Gasteiger partial charge is 0.497 e. The molecule has 3 atom stereocenters. The number of ether oxygens (including phenoxy) is 1. The Morgan fingerprint density at radius 2 is 2.12 bits per heavy atom. The molecule has 3 N–H and O–H groups in total. The van der Waals surface area contributed by atoms with Gasteiger partial charge in [-0.1, -0.05) is 13.0 Å². The number of amides is 1. The molecule has 1 saturated heterocycles. The van der Waals surface area contributed by atoms with Crippen molar-refractivity contribution in [2.24, 2.45) is 17.6 Å². The van der Waals surface area contributed by atoms with Gasteiger partial charge in [0.2, 0.25) is 5.91 Å². The summed E-state index contributed by atoms with van der Waals surface area (Å²) in [7, 11) is 1.68. The topological polar surface area (TPSA) is 67.6 Å². The Hall–Kier alpha value is -1.17. The van der Waals surface area contributed by atoms with Crippen LogP contribution in [0.5, 0.6) is 5.75 Å². The molecule has 1 aromatic carbocycles. The Balaban J connectivity index is 0.00000264. The number of nitrogens with zero attached hydrogens (tertiary/aromatic N) is 1. The summed E-state index contributed by atoms with van der Waals surface area (Å²) in [6.07, 6.45) is 1.09. The number of hydrogen-bond acceptors (Lipinski definition) is 4. The van der Waals surface area contributed by atoms with E-state index in [4.69, 9.17) is 10.5 Å². The standard InChI is InChI=1S/C17H27N3O2.2ClH/c1-12(13(2)18)17(21)19-10-14-7-8-20(11-14)15-5-4-6-16(9-15)22-3;;/h4-6,9,12-14H,7-8,10-11,18H2,1-3H3,(H,19,21);2*1H. The lowest BCUT2D eigenvalue weighted by Gasteiger charge is -2.20. The van der Waals surface area contributed by atoms with Gasteiger partial charge in [0.25, 0.3) is 0 Å². The number of nitrogens with one attached hydrogen (secondary N) is 1. The lowest BCUT2D eigenvalue weighted by molar-refractivity contribution is -0.125. The fourth-order valence-corrected chi connectivity index (χ4v) is 2.69. The van der Waals surface area contributed by atoms with Gasteiger partial charge < -0.3 is 20.7 Å². The van der Waals surface area contributed by atoms with Crippen LogP contribution in [0.15, 0.2) is 24.3 Å². The first-order valence-electron chi connectivity index (χ1n) is 7.93. The molecule has 1 heterocycles. The highest BCUT2D eigenvalue weighted by molar-refractivity contribution is 5.85. The molecule has 2 rings (SSSR count). The molecule has 24 heavy (non-hydrogen) atoms. The van der Waals surface area contributed by atoms with Crippen molar-refractivity contribution >= 4 is 36.4 Å². The molecular formula is C17H29Cl2N3O2. The Bertz CT molecular complexity index is 514. The first-order valence-corrected chi connectivity index (χ1v) is 7.93. The van der Waals surface area contributed by atoms with Crippen molar-refractivity contribution < 1.29 is 9.53 Å². The highest BCUT2D eigenvalue weighted by atomic mass is 35.5. The second-order valence-electron chi connectivity index (χ2n) is 6.20. The average Bonchev–Trinajstić information content (AvgIpc) is 3.00. The summed E-state index contributed by atoms with van der Waals surface area (Å²) in [5.41, 5.74) is 6.94. The number of benzene rings is 1. The Kier molecular flexibility index (Phi) is 10.1. The first-order chi connectivity index (χ1) is 10.5. The normalized spacial score (nSPS) is 18.8. The van der Waals surface area contributed by atoms with E-state index in [-0.39, 0.29) is 42.7 Å². The van der Waals surface area contributed by atoms with E-state index in [1.54, 1.807) is 7.11 Å². The Morgan fingerprint density at radius 1 is 1.42 bits per heavy atom. The summed E-state index contributed by atoms with van der Waals surface area (Å²) in [6, 6.07) is 8.00. The highest BCUT2D eigenvalue weighted by Gasteiger charge is 2.24. The van der Waals surface area contributed by atoms with E-state index in [1.165, 1.54) is 5.69 Å². The van der Waals surface area contributed by atoms with Crippen molar-refractivity contribution in [3.63, 3.8) is 0 Å². The third kappa shape index (κ3) is 6.04. The van der Waals surface area contributed by atoms with Gasteiger partial charge in [-0.3, -0.25) is 4.79 Å².